The summed E-state index contributed by atoms with van der Waals surface area (Å²) in [6, 6.07) is 10.5. The Labute approximate surface area is 124 Å². The molecule has 3 nitrogen and oxygen atoms in total. The van der Waals surface area contributed by atoms with Crippen molar-refractivity contribution in [1.29, 1.82) is 0 Å². The normalized spacial score (nSPS) is 10.5. The molecule has 0 spiro atoms. The number of quaternary nitrogens is 1. The quantitative estimate of drug-likeness (QED) is 0.812. The van der Waals surface area contributed by atoms with Crippen LogP contribution in [0.3, 0.4) is 0 Å². The number of ether oxygens (including phenoxy) is 2. The van der Waals surface area contributed by atoms with Crippen LogP contribution in [0, 0.1) is 0 Å². The summed E-state index contributed by atoms with van der Waals surface area (Å²) in [6.45, 7) is 7.26. The molecule has 0 aliphatic heterocycles. The molecule has 0 unspecified atom stereocenters. The monoisotopic (exact) mass is 292 g/mol. The van der Waals surface area contributed by atoms with Crippen molar-refractivity contribution < 1.29 is 14.8 Å². The molecule has 1 aromatic carbocycles. The second-order valence-corrected chi connectivity index (χ2v) is 5.46. The van der Waals surface area contributed by atoms with Crippen LogP contribution in [-0.2, 0) is 13.1 Å². The van der Waals surface area contributed by atoms with Gasteiger partial charge < -0.3 is 14.8 Å². The molecule has 2 rings (SSSR count). The maximum Gasteiger partial charge on any atom is 0.161 e. The van der Waals surface area contributed by atoms with E-state index in [-0.39, 0.29) is 0 Å². The molecule has 1 heterocycles. The first-order chi connectivity index (χ1) is 9.83. The third-order valence-electron chi connectivity index (χ3n) is 2.91. The van der Waals surface area contributed by atoms with Gasteiger partial charge in [0.15, 0.2) is 11.5 Å². The molecule has 0 fully saturated rings. The van der Waals surface area contributed by atoms with Gasteiger partial charge in [0.2, 0.25) is 0 Å². The number of nitrogens with two attached hydrogens (primary N) is 1. The highest BCUT2D eigenvalue weighted by atomic mass is 32.1. The molecule has 20 heavy (non-hydrogen) atoms. The van der Waals surface area contributed by atoms with Gasteiger partial charge in [0.1, 0.15) is 13.1 Å². The van der Waals surface area contributed by atoms with Crippen molar-refractivity contribution in [3.63, 3.8) is 0 Å². The third-order valence-corrected chi connectivity index (χ3v) is 3.81. The highest BCUT2D eigenvalue weighted by Crippen LogP contribution is 2.28. The van der Waals surface area contributed by atoms with E-state index in [1.165, 1.54) is 10.4 Å². The van der Waals surface area contributed by atoms with Crippen molar-refractivity contribution in [2.45, 2.75) is 26.9 Å². The SMILES string of the molecule is CCOc1ccc(C[NH2+]Cc2cccs2)cc1OCC. The Morgan fingerprint density at radius 1 is 1.00 bits per heavy atom. The number of hydrogen-bond acceptors (Lipinski definition) is 3. The Morgan fingerprint density at radius 3 is 2.50 bits per heavy atom. The molecule has 0 saturated carbocycles. The van der Waals surface area contributed by atoms with Crippen molar-refractivity contribution >= 4 is 11.3 Å². The number of rotatable bonds is 8. The van der Waals surface area contributed by atoms with Crippen LogP contribution in [0.1, 0.15) is 24.3 Å². The summed E-state index contributed by atoms with van der Waals surface area (Å²) in [4.78, 5) is 1.40. The highest BCUT2D eigenvalue weighted by molar-refractivity contribution is 7.09. The van der Waals surface area contributed by atoms with Crippen LogP contribution < -0.4 is 14.8 Å². The topological polar surface area (TPSA) is 35.1 Å². The molecule has 108 valence electrons. The highest BCUT2D eigenvalue weighted by Gasteiger charge is 2.07. The molecular weight excluding hydrogens is 270 g/mol. The lowest BCUT2D eigenvalue weighted by Crippen LogP contribution is -2.80. The molecular formula is C16H22NO2S+. The van der Waals surface area contributed by atoms with E-state index in [1.807, 2.05) is 19.9 Å². The fourth-order valence-electron chi connectivity index (χ4n) is 2.03. The zero-order valence-electron chi connectivity index (χ0n) is 12.1. The zero-order chi connectivity index (χ0) is 14.2. The Bertz CT molecular complexity index is 511. The smallest absolute Gasteiger partial charge is 0.161 e. The average molecular weight is 292 g/mol. The van der Waals surface area contributed by atoms with E-state index in [1.54, 1.807) is 11.3 Å². The van der Waals surface area contributed by atoms with E-state index in [0.29, 0.717) is 13.2 Å². The number of thiophene rings is 1. The van der Waals surface area contributed by atoms with Gasteiger partial charge in [-0.15, -0.1) is 11.3 Å². The maximum absolute atomic E-state index is 5.65. The lowest BCUT2D eigenvalue weighted by atomic mass is 10.2. The van der Waals surface area contributed by atoms with Crippen LogP contribution in [0.4, 0.5) is 0 Å². The molecule has 4 heteroatoms. The van der Waals surface area contributed by atoms with Crippen LogP contribution >= 0.6 is 11.3 Å². The van der Waals surface area contributed by atoms with Gasteiger partial charge in [0.05, 0.1) is 18.1 Å². The van der Waals surface area contributed by atoms with E-state index in [2.05, 4.69) is 35.0 Å². The van der Waals surface area contributed by atoms with Crippen molar-refractivity contribution in [2.75, 3.05) is 13.2 Å². The second-order valence-electron chi connectivity index (χ2n) is 4.42. The summed E-state index contributed by atoms with van der Waals surface area (Å²) in [5.74, 6) is 1.67. The van der Waals surface area contributed by atoms with Gasteiger partial charge in [0.25, 0.3) is 0 Å². The molecule has 0 bridgehead atoms. The molecule has 0 aliphatic carbocycles. The first-order valence-corrected chi connectivity index (χ1v) is 7.94. The van der Waals surface area contributed by atoms with Gasteiger partial charge in [-0.05, 0) is 43.5 Å². The number of hydrogen-bond donors (Lipinski definition) is 1. The predicted molar refractivity (Wildman–Crippen MR) is 82.4 cm³/mol. The first-order valence-electron chi connectivity index (χ1n) is 7.06. The fraction of sp³-hybridized carbons (Fsp3) is 0.375. The largest absolute Gasteiger partial charge is 0.490 e. The Balaban J connectivity index is 1.95. The zero-order valence-corrected chi connectivity index (χ0v) is 12.9. The van der Waals surface area contributed by atoms with Crippen molar-refractivity contribution in [1.82, 2.24) is 0 Å². The van der Waals surface area contributed by atoms with E-state index >= 15 is 0 Å². The van der Waals surface area contributed by atoms with Crippen molar-refractivity contribution in [3.8, 4) is 11.5 Å². The van der Waals surface area contributed by atoms with Gasteiger partial charge in [0, 0.05) is 5.56 Å². The molecule has 1 aromatic heterocycles. The summed E-state index contributed by atoms with van der Waals surface area (Å²) < 4.78 is 11.2. The van der Waals surface area contributed by atoms with Gasteiger partial charge in [-0.2, -0.15) is 0 Å². The Hall–Kier alpha value is -1.52. The lowest BCUT2D eigenvalue weighted by Gasteiger charge is -2.12. The van der Waals surface area contributed by atoms with Gasteiger partial charge in [-0.1, -0.05) is 6.07 Å². The minimum absolute atomic E-state index is 0.655. The molecule has 0 amide bonds. The van der Waals surface area contributed by atoms with Crippen LogP contribution in [0.15, 0.2) is 35.7 Å². The Kier molecular flexibility index (Phi) is 5.89. The third kappa shape index (κ3) is 4.25. The summed E-state index contributed by atoms with van der Waals surface area (Å²) >= 11 is 1.80. The fourth-order valence-corrected chi connectivity index (χ4v) is 2.74. The second kappa shape index (κ2) is 7.92. The van der Waals surface area contributed by atoms with Crippen LogP contribution in [0.5, 0.6) is 11.5 Å². The van der Waals surface area contributed by atoms with E-state index in [4.69, 9.17) is 9.47 Å². The summed E-state index contributed by atoms with van der Waals surface area (Å²) in [5.41, 5.74) is 1.26. The number of benzene rings is 1. The summed E-state index contributed by atoms with van der Waals surface area (Å²) in [6.07, 6.45) is 0. The van der Waals surface area contributed by atoms with Crippen LogP contribution in [0.25, 0.3) is 0 Å². The molecule has 0 radical (unpaired) electrons. The van der Waals surface area contributed by atoms with Crippen LogP contribution in [0.2, 0.25) is 0 Å². The first kappa shape index (κ1) is 14.9. The van der Waals surface area contributed by atoms with E-state index in [9.17, 15) is 0 Å². The lowest BCUT2D eigenvalue weighted by molar-refractivity contribution is -0.685. The van der Waals surface area contributed by atoms with Gasteiger partial charge in [-0.25, -0.2) is 0 Å². The average Bonchev–Trinajstić information content (AvgIpc) is 2.95. The van der Waals surface area contributed by atoms with Gasteiger partial charge >= 0.3 is 0 Å². The maximum atomic E-state index is 5.65. The van der Waals surface area contributed by atoms with Crippen molar-refractivity contribution in [2.24, 2.45) is 0 Å². The summed E-state index contributed by atoms with van der Waals surface area (Å²) in [7, 11) is 0. The molecule has 2 aromatic rings. The Morgan fingerprint density at radius 2 is 1.80 bits per heavy atom. The molecule has 0 aliphatic rings. The standard InChI is InChI=1S/C16H21NO2S/c1-3-18-15-8-7-13(10-16(15)19-4-2)11-17-12-14-6-5-9-20-14/h5-10,17H,3-4,11-12H2,1-2H3/p+1. The van der Waals surface area contributed by atoms with Gasteiger partial charge in [-0.3, -0.25) is 0 Å². The minimum atomic E-state index is 0.655. The summed E-state index contributed by atoms with van der Waals surface area (Å²) in [5, 5.41) is 4.42. The predicted octanol–water partition coefficient (Wildman–Crippen LogP) is 2.81. The van der Waals surface area contributed by atoms with E-state index < -0.39 is 0 Å². The molecule has 0 atom stereocenters. The molecule has 2 N–H and O–H groups in total. The molecule has 0 saturated heterocycles. The van der Waals surface area contributed by atoms with Crippen molar-refractivity contribution in [3.05, 3.63) is 46.2 Å². The minimum Gasteiger partial charge on any atom is -0.490 e. The van der Waals surface area contributed by atoms with E-state index in [0.717, 1.165) is 24.6 Å². The van der Waals surface area contributed by atoms with Crippen LogP contribution in [-0.4, -0.2) is 13.2 Å².